The van der Waals surface area contributed by atoms with Crippen LogP contribution in [0.25, 0.3) is 0 Å². The lowest BCUT2D eigenvalue weighted by atomic mass is 10.1. The molecule has 100 valence electrons. The van der Waals surface area contributed by atoms with Crippen molar-refractivity contribution in [3.8, 4) is 5.75 Å². The van der Waals surface area contributed by atoms with Crippen molar-refractivity contribution in [2.75, 3.05) is 13.2 Å². The molecule has 0 bridgehead atoms. The van der Waals surface area contributed by atoms with Crippen LogP contribution in [0.5, 0.6) is 5.75 Å². The van der Waals surface area contributed by atoms with Crippen molar-refractivity contribution in [1.82, 2.24) is 5.32 Å². The topological polar surface area (TPSA) is 41.5 Å². The van der Waals surface area contributed by atoms with Gasteiger partial charge in [0.25, 0.3) is 0 Å². The van der Waals surface area contributed by atoms with E-state index in [9.17, 15) is 5.11 Å². The van der Waals surface area contributed by atoms with E-state index in [1.807, 2.05) is 19.1 Å². The number of nitrogens with one attached hydrogen (secondary N) is 1. The number of hydrogen-bond donors (Lipinski definition) is 2. The van der Waals surface area contributed by atoms with Crippen LogP contribution in [0.2, 0.25) is 0 Å². The van der Waals surface area contributed by atoms with Crippen LogP contribution in [0.15, 0.2) is 18.2 Å². The van der Waals surface area contributed by atoms with E-state index < -0.39 is 0 Å². The molecule has 2 N–H and O–H groups in total. The van der Waals surface area contributed by atoms with E-state index in [-0.39, 0.29) is 12.1 Å². The highest BCUT2D eigenvalue weighted by Gasteiger charge is 2.32. The third-order valence-electron chi connectivity index (χ3n) is 3.51. The highest BCUT2D eigenvalue weighted by Crippen LogP contribution is 2.23. The summed E-state index contributed by atoms with van der Waals surface area (Å²) in [6, 6.07) is 6.65. The van der Waals surface area contributed by atoms with Gasteiger partial charge >= 0.3 is 0 Å². The van der Waals surface area contributed by atoms with Crippen LogP contribution in [0.1, 0.15) is 30.9 Å². The number of aliphatic hydroxyl groups excluding tert-OH is 1. The monoisotopic (exact) mass is 249 g/mol. The molecule has 1 aliphatic carbocycles. The van der Waals surface area contributed by atoms with E-state index in [4.69, 9.17) is 4.74 Å². The molecule has 1 aromatic rings. The largest absolute Gasteiger partial charge is 0.492 e. The lowest BCUT2D eigenvalue weighted by molar-refractivity contribution is 0.114. The zero-order chi connectivity index (χ0) is 13.2. The van der Waals surface area contributed by atoms with Gasteiger partial charge < -0.3 is 15.2 Å². The zero-order valence-electron chi connectivity index (χ0n) is 11.5. The fourth-order valence-electron chi connectivity index (χ4n) is 1.90. The number of hydrogen-bond acceptors (Lipinski definition) is 3. The average Bonchev–Trinajstić information content (AvgIpc) is 3.15. The van der Waals surface area contributed by atoms with Crippen molar-refractivity contribution in [3.05, 3.63) is 29.3 Å². The van der Waals surface area contributed by atoms with E-state index in [2.05, 4.69) is 25.2 Å². The number of aliphatic hydroxyl groups is 1. The first-order chi connectivity index (χ1) is 8.52. The molecule has 0 aromatic heterocycles. The Morgan fingerprint density at radius 2 is 2.06 bits per heavy atom. The van der Waals surface area contributed by atoms with E-state index in [1.165, 1.54) is 24.0 Å². The summed E-state index contributed by atoms with van der Waals surface area (Å²) in [4.78, 5) is 0. The second-order valence-electron chi connectivity index (χ2n) is 5.67. The summed E-state index contributed by atoms with van der Waals surface area (Å²) in [7, 11) is 0. The van der Waals surface area contributed by atoms with Crippen LogP contribution < -0.4 is 10.1 Å². The van der Waals surface area contributed by atoms with Gasteiger partial charge in [0, 0.05) is 6.04 Å². The van der Waals surface area contributed by atoms with Crippen LogP contribution in [0.3, 0.4) is 0 Å². The number of benzene rings is 1. The Kier molecular flexibility index (Phi) is 3.93. The van der Waals surface area contributed by atoms with Crippen LogP contribution in [-0.2, 0) is 0 Å². The highest BCUT2D eigenvalue weighted by molar-refractivity contribution is 5.33. The van der Waals surface area contributed by atoms with Crippen LogP contribution in [0.4, 0.5) is 0 Å². The van der Waals surface area contributed by atoms with Gasteiger partial charge in [0.1, 0.15) is 12.4 Å². The molecule has 1 aliphatic rings. The molecule has 0 aliphatic heterocycles. The summed E-state index contributed by atoms with van der Waals surface area (Å²) < 4.78 is 5.80. The van der Waals surface area contributed by atoms with Crippen molar-refractivity contribution < 1.29 is 9.84 Å². The lowest BCUT2D eigenvalue weighted by Crippen LogP contribution is -2.51. The van der Waals surface area contributed by atoms with E-state index in [0.717, 1.165) is 5.75 Å². The first kappa shape index (κ1) is 13.4. The SMILES string of the molecule is Cc1ccc(OCC(C)(CO)NC2CC2)cc1C. The van der Waals surface area contributed by atoms with Crippen LogP contribution in [-0.4, -0.2) is 29.9 Å². The minimum absolute atomic E-state index is 0.0916. The number of ether oxygens (including phenoxy) is 1. The molecule has 3 nitrogen and oxygen atoms in total. The van der Waals surface area contributed by atoms with Crippen molar-refractivity contribution in [2.24, 2.45) is 0 Å². The van der Waals surface area contributed by atoms with E-state index in [0.29, 0.717) is 12.6 Å². The molecule has 0 heterocycles. The molecule has 1 saturated carbocycles. The zero-order valence-corrected chi connectivity index (χ0v) is 11.5. The maximum absolute atomic E-state index is 9.50. The summed E-state index contributed by atoms with van der Waals surface area (Å²) in [5.41, 5.74) is 2.15. The normalized spacial score (nSPS) is 18.4. The molecule has 0 spiro atoms. The summed E-state index contributed by atoms with van der Waals surface area (Å²) in [5, 5.41) is 12.9. The van der Waals surface area contributed by atoms with Gasteiger partial charge in [-0.05, 0) is 56.9 Å². The van der Waals surface area contributed by atoms with Gasteiger partial charge in [0.05, 0.1) is 12.1 Å². The Morgan fingerprint density at radius 3 is 2.61 bits per heavy atom. The van der Waals surface area contributed by atoms with Gasteiger partial charge in [-0.3, -0.25) is 0 Å². The van der Waals surface area contributed by atoms with Gasteiger partial charge in [0.15, 0.2) is 0 Å². The van der Waals surface area contributed by atoms with Crippen molar-refractivity contribution in [2.45, 2.75) is 45.2 Å². The third kappa shape index (κ3) is 3.47. The molecule has 1 atom stereocenters. The van der Waals surface area contributed by atoms with Gasteiger partial charge in [-0.2, -0.15) is 0 Å². The predicted octanol–water partition coefficient (Wildman–Crippen LogP) is 2.19. The number of rotatable bonds is 6. The van der Waals surface area contributed by atoms with Gasteiger partial charge in [-0.15, -0.1) is 0 Å². The summed E-state index contributed by atoms with van der Waals surface area (Å²) in [5.74, 6) is 0.871. The Balaban J connectivity index is 1.93. The van der Waals surface area contributed by atoms with Crippen molar-refractivity contribution >= 4 is 0 Å². The third-order valence-corrected chi connectivity index (χ3v) is 3.51. The van der Waals surface area contributed by atoms with E-state index in [1.54, 1.807) is 0 Å². The predicted molar refractivity (Wildman–Crippen MR) is 73.1 cm³/mol. The van der Waals surface area contributed by atoms with Gasteiger partial charge in [-0.25, -0.2) is 0 Å². The standard InChI is InChI=1S/C15H23NO2/c1-11-4-7-14(8-12(11)2)18-10-15(3,9-17)16-13-5-6-13/h4,7-8,13,16-17H,5-6,9-10H2,1-3H3. The lowest BCUT2D eigenvalue weighted by Gasteiger charge is -2.29. The smallest absolute Gasteiger partial charge is 0.119 e. The van der Waals surface area contributed by atoms with E-state index >= 15 is 0 Å². The van der Waals surface area contributed by atoms with Gasteiger partial charge in [-0.1, -0.05) is 6.07 Å². The fraction of sp³-hybridized carbons (Fsp3) is 0.600. The Bertz CT molecular complexity index is 415. The molecule has 1 aromatic carbocycles. The first-order valence-corrected chi connectivity index (χ1v) is 6.61. The molecule has 18 heavy (non-hydrogen) atoms. The van der Waals surface area contributed by atoms with Crippen LogP contribution in [0, 0.1) is 13.8 Å². The maximum atomic E-state index is 9.50. The molecular weight excluding hydrogens is 226 g/mol. The molecule has 0 radical (unpaired) electrons. The molecule has 3 heteroatoms. The van der Waals surface area contributed by atoms with Crippen molar-refractivity contribution in [1.29, 1.82) is 0 Å². The Hall–Kier alpha value is -1.06. The minimum atomic E-state index is -0.347. The second-order valence-corrected chi connectivity index (χ2v) is 5.67. The maximum Gasteiger partial charge on any atom is 0.119 e. The van der Waals surface area contributed by atoms with Crippen LogP contribution >= 0.6 is 0 Å². The summed E-state index contributed by atoms with van der Waals surface area (Å²) in [6.07, 6.45) is 2.42. The first-order valence-electron chi connectivity index (χ1n) is 6.61. The quantitative estimate of drug-likeness (QED) is 0.812. The molecule has 0 amide bonds. The Labute approximate surface area is 109 Å². The minimum Gasteiger partial charge on any atom is -0.492 e. The second kappa shape index (κ2) is 5.29. The molecule has 1 fully saturated rings. The molecule has 0 saturated heterocycles. The highest BCUT2D eigenvalue weighted by atomic mass is 16.5. The average molecular weight is 249 g/mol. The van der Waals surface area contributed by atoms with Gasteiger partial charge in [0.2, 0.25) is 0 Å². The summed E-state index contributed by atoms with van der Waals surface area (Å²) in [6.45, 7) is 6.75. The Morgan fingerprint density at radius 1 is 1.33 bits per heavy atom. The molecule has 2 rings (SSSR count). The summed E-state index contributed by atoms with van der Waals surface area (Å²) >= 11 is 0. The molecular formula is C15H23NO2. The number of aryl methyl sites for hydroxylation is 2. The molecule has 1 unspecified atom stereocenters. The fourth-order valence-corrected chi connectivity index (χ4v) is 1.90. The van der Waals surface area contributed by atoms with Crippen molar-refractivity contribution in [3.63, 3.8) is 0 Å².